The van der Waals surface area contributed by atoms with Gasteiger partial charge in [-0.15, -0.1) is 0 Å². The molecule has 18 heavy (non-hydrogen) atoms. The maximum absolute atomic E-state index is 10.9. The van der Waals surface area contributed by atoms with Crippen LogP contribution >= 0.6 is 23.2 Å². The minimum absolute atomic E-state index is 0. The molecule has 0 spiro atoms. The van der Waals surface area contributed by atoms with E-state index in [4.69, 9.17) is 28.3 Å². The third-order valence-corrected chi connectivity index (χ3v) is 2.66. The van der Waals surface area contributed by atoms with E-state index in [1.165, 1.54) is 6.07 Å². The Kier molecular flexibility index (Phi) is 7.53. The van der Waals surface area contributed by atoms with Crippen LogP contribution in [0.3, 0.4) is 0 Å². The van der Waals surface area contributed by atoms with Gasteiger partial charge in [-0.05, 0) is 11.6 Å². The van der Waals surface area contributed by atoms with Gasteiger partial charge in [0.15, 0.2) is 0 Å². The summed E-state index contributed by atoms with van der Waals surface area (Å²) in [4.78, 5) is 31.1. The van der Waals surface area contributed by atoms with Crippen LogP contribution in [0.15, 0.2) is 12.1 Å². The fourth-order valence-corrected chi connectivity index (χ4v) is 1.54. The Labute approximate surface area is 154 Å². The van der Waals surface area contributed by atoms with Crippen LogP contribution in [-0.2, 0) is 16.0 Å². The van der Waals surface area contributed by atoms with Gasteiger partial charge in [0.05, 0.1) is 9.95 Å². The van der Waals surface area contributed by atoms with Crippen LogP contribution in [0.4, 0.5) is 5.69 Å². The molecule has 1 aromatic carbocycles. The van der Waals surface area contributed by atoms with Crippen LogP contribution < -0.4 is 0 Å². The summed E-state index contributed by atoms with van der Waals surface area (Å²) in [5.74, 6) is -2.70. The first-order valence-electron chi connectivity index (χ1n) is 4.21. The fourth-order valence-electron chi connectivity index (χ4n) is 1.13. The van der Waals surface area contributed by atoms with Crippen LogP contribution in [-0.4, -0.2) is 73.2 Å². The number of nitro groups is 1. The molecule has 0 aliphatic carbocycles. The molecule has 0 fully saturated rings. The molecule has 0 saturated heterocycles. The van der Waals surface area contributed by atoms with Crippen LogP contribution in [0.5, 0.6) is 0 Å². The molecule has 0 unspecified atom stereocenters. The van der Waals surface area contributed by atoms with E-state index in [1.54, 1.807) is 0 Å². The van der Waals surface area contributed by atoms with Crippen LogP contribution in [0.2, 0.25) is 10.0 Å². The molecular formula is C9H6Cl2KNO5. The average molecular weight is 318 g/mol. The molecule has 0 aliphatic heterocycles. The van der Waals surface area contributed by atoms with Crippen molar-refractivity contribution in [2.24, 2.45) is 0 Å². The summed E-state index contributed by atoms with van der Waals surface area (Å²) >= 11 is 11.2. The molecule has 0 aliphatic rings. The number of halogens is 2. The average Bonchev–Trinajstić information content (AvgIpc) is 2.22. The number of Topliss-reactive ketones (excluding diaryl/α,β-unsaturated/α-hetero) is 1. The molecular weight excluding hydrogens is 312 g/mol. The number of rotatable bonds is 4. The number of aliphatic carboxylic acids is 1. The molecule has 0 saturated carbocycles. The molecule has 9 heteroatoms. The SMILES string of the molecule is O=C(O)C(=O)Cc1cc(Cl)c(Cl)c([N+](=O)[O-])c1.[KH]. The number of hydrogen-bond acceptors (Lipinski definition) is 4. The normalized spacial score (nSPS) is 9.44. The number of carbonyl (C=O) groups excluding carboxylic acids is 1. The number of carboxylic acids is 1. The quantitative estimate of drug-likeness (QED) is 0.392. The summed E-state index contributed by atoms with van der Waals surface area (Å²) in [5, 5.41) is 18.7. The summed E-state index contributed by atoms with van der Waals surface area (Å²) in [6, 6.07) is 2.24. The minimum atomic E-state index is -1.61. The standard InChI is InChI=1S/C9H5Cl2NO5.K.H/c10-5-1-4(3-7(13)9(14)15)2-6(8(5)11)12(16)17;;/h1-2H,3H2,(H,14,15);;. The van der Waals surface area contributed by atoms with Gasteiger partial charge in [0.25, 0.3) is 5.69 Å². The Morgan fingerprint density at radius 1 is 1.33 bits per heavy atom. The summed E-state index contributed by atoms with van der Waals surface area (Å²) in [5.41, 5.74) is -0.342. The Balaban J connectivity index is 0.00000289. The summed E-state index contributed by atoms with van der Waals surface area (Å²) in [6.07, 6.45) is -0.479. The van der Waals surface area contributed by atoms with Crippen molar-refractivity contribution in [2.75, 3.05) is 0 Å². The first-order valence-corrected chi connectivity index (χ1v) is 4.97. The third kappa shape index (κ3) is 4.58. The zero-order chi connectivity index (χ0) is 13.2. The Bertz CT molecular complexity index is 520. The van der Waals surface area contributed by atoms with Crippen LogP contribution in [0, 0.1) is 10.1 Å². The van der Waals surface area contributed by atoms with Crippen molar-refractivity contribution in [1.82, 2.24) is 0 Å². The first kappa shape index (κ1) is 18.0. The number of carboxylic acid groups (broad SMARTS) is 1. The van der Waals surface area contributed by atoms with Crippen molar-refractivity contribution in [1.29, 1.82) is 0 Å². The number of nitro benzene ring substituents is 1. The van der Waals surface area contributed by atoms with Gasteiger partial charge in [0, 0.05) is 12.5 Å². The molecule has 1 rings (SSSR count). The van der Waals surface area contributed by atoms with Gasteiger partial charge in [-0.1, -0.05) is 23.2 Å². The number of hydrogen-bond donors (Lipinski definition) is 1. The van der Waals surface area contributed by atoms with E-state index in [0.29, 0.717) is 0 Å². The number of ketones is 1. The molecule has 1 N–H and O–H groups in total. The van der Waals surface area contributed by atoms with E-state index < -0.39 is 28.8 Å². The van der Waals surface area contributed by atoms with E-state index in [1.807, 2.05) is 0 Å². The molecule has 0 aromatic heterocycles. The molecule has 0 radical (unpaired) electrons. The van der Waals surface area contributed by atoms with Gasteiger partial charge < -0.3 is 5.11 Å². The van der Waals surface area contributed by atoms with Crippen molar-refractivity contribution in [2.45, 2.75) is 6.42 Å². The molecule has 0 atom stereocenters. The number of nitrogens with zero attached hydrogens (tertiary/aromatic N) is 1. The summed E-state index contributed by atoms with van der Waals surface area (Å²) in [6.45, 7) is 0. The van der Waals surface area contributed by atoms with E-state index in [9.17, 15) is 19.7 Å². The van der Waals surface area contributed by atoms with Crippen molar-refractivity contribution in [3.05, 3.63) is 37.9 Å². The van der Waals surface area contributed by atoms with Crippen LogP contribution in [0.25, 0.3) is 0 Å². The van der Waals surface area contributed by atoms with Crippen LogP contribution in [0.1, 0.15) is 5.56 Å². The van der Waals surface area contributed by atoms with E-state index >= 15 is 0 Å². The second-order valence-corrected chi connectivity index (χ2v) is 3.86. The molecule has 0 heterocycles. The Hall–Kier alpha value is -0.0236. The predicted octanol–water partition coefficient (Wildman–Crippen LogP) is 1.45. The van der Waals surface area contributed by atoms with E-state index in [2.05, 4.69) is 0 Å². The second kappa shape index (κ2) is 7.54. The zero-order valence-corrected chi connectivity index (χ0v) is 9.66. The van der Waals surface area contributed by atoms with E-state index in [-0.39, 0.29) is 67.0 Å². The molecule has 0 bridgehead atoms. The second-order valence-electron chi connectivity index (χ2n) is 3.07. The fraction of sp³-hybridized carbons (Fsp3) is 0.111. The molecule has 0 amide bonds. The van der Waals surface area contributed by atoms with Crippen molar-refractivity contribution < 1.29 is 19.6 Å². The van der Waals surface area contributed by atoms with Crippen molar-refractivity contribution >= 4 is 92.0 Å². The molecule has 92 valence electrons. The summed E-state index contributed by atoms with van der Waals surface area (Å²) < 4.78 is 0. The molecule has 1 aromatic rings. The van der Waals surface area contributed by atoms with Gasteiger partial charge >= 0.3 is 57.4 Å². The topological polar surface area (TPSA) is 97.5 Å². The van der Waals surface area contributed by atoms with Gasteiger partial charge in [0.2, 0.25) is 5.78 Å². The number of carbonyl (C=O) groups is 2. The third-order valence-electron chi connectivity index (χ3n) is 1.87. The van der Waals surface area contributed by atoms with Crippen molar-refractivity contribution in [3.63, 3.8) is 0 Å². The van der Waals surface area contributed by atoms with Gasteiger partial charge in [-0.25, -0.2) is 4.79 Å². The molecule has 6 nitrogen and oxygen atoms in total. The van der Waals surface area contributed by atoms with E-state index in [0.717, 1.165) is 6.07 Å². The maximum atomic E-state index is 10.9. The first-order chi connectivity index (χ1) is 7.82. The van der Waals surface area contributed by atoms with Gasteiger partial charge in [0.1, 0.15) is 5.02 Å². The Morgan fingerprint density at radius 3 is 2.33 bits per heavy atom. The Morgan fingerprint density at radius 2 is 1.89 bits per heavy atom. The predicted molar refractivity (Wildman–Crippen MR) is 66.6 cm³/mol. The van der Waals surface area contributed by atoms with Crippen molar-refractivity contribution in [3.8, 4) is 0 Å². The monoisotopic (exact) mass is 317 g/mol. The summed E-state index contributed by atoms with van der Waals surface area (Å²) in [7, 11) is 0. The zero-order valence-electron chi connectivity index (χ0n) is 8.15. The van der Waals surface area contributed by atoms with Gasteiger partial charge in [-0.2, -0.15) is 0 Å². The van der Waals surface area contributed by atoms with Gasteiger partial charge in [-0.3, -0.25) is 14.9 Å². The number of benzene rings is 1.